The number of nitrogens with zero attached hydrogens (tertiary/aromatic N) is 2. The molecule has 1 aliphatic heterocycles. The maximum Gasteiger partial charge on any atom is 0.443 e. The van der Waals surface area contributed by atoms with Gasteiger partial charge in [0.25, 0.3) is 11.8 Å². The van der Waals surface area contributed by atoms with Gasteiger partial charge < -0.3 is 15.3 Å². The molecule has 1 fully saturated rings. The lowest BCUT2D eigenvalue weighted by Gasteiger charge is -2.18. The Labute approximate surface area is 181 Å². The summed E-state index contributed by atoms with van der Waals surface area (Å²) in [5.41, 5.74) is 0.132. The normalized spacial score (nSPS) is 20.3. The Balaban J connectivity index is 1.64. The number of aromatic nitrogens is 1. The first kappa shape index (κ1) is 22.7. The fourth-order valence-electron chi connectivity index (χ4n) is 2.82. The van der Waals surface area contributed by atoms with Crippen molar-refractivity contribution in [2.24, 2.45) is 0 Å². The zero-order valence-electron chi connectivity index (χ0n) is 14.8. The summed E-state index contributed by atoms with van der Waals surface area (Å²) >= 11 is 11.8. The fourth-order valence-corrected chi connectivity index (χ4v) is 3.88. The minimum absolute atomic E-state index is 0.116. The van der Waals surface area contributed by atoms with E-state index in [1.165, 1.54) is 18.2 Å². The van der Waals surface area contributed by atoms with Crippen molar-refractivity contribution < 1.29 is 32.3 Å². The Morgan fingerprint density at radius 3 is 2.57 bits per heavy atom. The number of alkyl halides is 4. The topological polar surface area (TPSA) is 82.5 Å². The molecule has 1 saturated heterocycles. The molecule has 3 atom stereocenters. The number of thiazole rings is 1. The number of amides is 2. The number of likely N-dealkylation sites (tertiary alicyclic amines) is 1. The molecule has 2 N–H and O–H groups in total. The highest BCUT2D eigenvalue weighted by molar-refractivity contribution is 7.13. The van der Waals surface area contributed by atoms with Crippen LogP contribution >= 0.6 is 34.5 Å². The molecule has 0 spiro atoms. The summed E-state index contributed by atoms with van der Waals surface area (Å²) < 4.78 is 52.3. The van der Waals surface area contributed by atoms with Gasteiger partial charge in [-0.1, -0.05) is 29.3 Å². The zero-order valence-corrected chi connectivity index (χ0v) is 17.1. The fraction of sp³-hybridized carbons (Fsp3) is 0.353. The first-order valence-electron chi connectivity index (χ1n) is 8.37. The lowest BCUT2D eigenvalue weighted by molar-refractivity contribution is -0.137. The van der Waals surface area contributed by atoms with Gasteiger partial charge in [-0.3, -0.25) is 9.59 Å². The predicted octanol–water partition coefficient (Wildman–Crippen LogP) is 3.48. The molecule has 2 aromatic rings. The van der Waals surface area contributed by atoms with Gasteiger partial charge in [0.15, 0.2) is 11.1 Å². The third-order valence-electron chi connectivity index (χ3n) is 4.33. The van der Waals surface area contributed by atoms with E-state index in [0.29, 0.717) is 0 Å². The predicted molar refractivity (Wildman–Crippen MR) is 101 cm³/mol. The van der Waals surface area contributed by atoms with Gasteiger partial charge >= 0.3 is 6.18 Å². The quantitative estimate of drug-likeness (QED) is 0.649. The van der Waals surface area contributed by atoms with Crippen molar-refractivity contribution in [1.82, 2.24) is 15.2 Å². The molecule has 3 rings (SSSR count). The molecular weight excluding hydrogens is 473 g/mol. The van der Waals surface area contributed by atoms with Gasteiger partial charge in [0.05, 0.1) is 28.8 Å². The number of nitrogens with one attached hydrogen (secondary N) is 1. The smallest absolute Gasteiger partial charge is 0.378 e. The number of carbonyl (C=O) groups excluding carboxylic acids is 2. The summed E-state index contributed by atoms with van der Waals surface area (Å²) in [7, 11) is 0. The SMILES string of the molecule is O=C(N[C@@H]1CN(C(=O)c2cnc(C(F)(F)F)s2)C[C@@H]1F)C(O)c1ccc(Cl)c(Cl)c1. The standard InChI is InChI=1S/C17H13Cl2F4N3O3S/c18-8-2-1-7(3-9(8)19)13(27)14(28)25-11-6-26(5-10(11)20)15(29)12-4-24-16(30-12)17(21,22)23/h1-4,10-11,13,27H,5-6H2,(H,25,28)/t10-,11+,13?/m0/s1. The third kappa shape index (κ3) is 4.85. The van der Waals surface area contributed by atoms with E-state index in [1.54, 1.807) is 0 Å². The Bertz CT molecular complexity index is 972. The summed E-state index contributed by atoms with van der Waals surface area (Å²) in [5, 5.41) is 11.6. The molecule has 0 bridgehead atoms. The number of aliphatic hydroxyl groups excluding tert-OH is 1. The highest BCUT2D eigenvalue weighted by atomic mass is 35.5. The Morgan fingerprint density at radius 2 is 1.97 bits per heavy atom. The van der Waals surface area contributed by atoms with Crippen LogP contribution in [0.2, 0.25) is 10.0 Å². The largest absolute Gasteiger partial charge is 0.443 e. The molecule has 30 heavy (non-hydrogen) atoms. The molecule has 162 valence electrons. The van der Waals surface area contributed by atoms with E-state index in [4.69, 9.17) is 23.2 Å². The van der Waals surface area contributed by atoms with E-state index < -0.39 is 47.9 Å². The average molecular weight is 486 g/mol. The molecule has 6 nitrogen and oxygen atoms in total. The van der Waals surface area contributed by atoms with Gasteiger partial charge in [0.1, 0.15) is 11.0 Å². The summed E-state index contributed by atoms with van der Waals surface area (Å²) in [5.74, 6) is -1.75. The highest BCUT2D eigenvalue weighted by Crippen LogP contribution is 2.33. The van der Waals surface area contributed by atoms with Crippen LogP contribution in [0, 0.1) is 0 Å². The van der Waals surface area contributed by atoms with Gasteiger partial charge in [-0.05, 0) is 17.7 Å². The molecule has 0 radical (unpaired) electrons. The van der Waals surface area contributed by atoms with Gasteiger partial charge in [0, 0.05) is 6.54 Å². The van der Waals surface area contributed by atoms with Crippen LogP contribution in [0.4, 0.5) is 17.6 Å². The molecule has 0 saturated carbocycles. The van der Waals surface area contributed by atoms with Crippen molar-refractivity contribution in [3.63, 3.8) is 0 Å². The lowest BCUT2D eigenvalue weighted by atomic mass is 10.1. The van der Waals surface area contributed by atoms with Crippen molar-refractivity contribution in [2.75, 3.05) is 13.1 Å². The number of aliphatic hydroxyl groups is 1. The summed E-state index contributed by atoms with van der Waals surface area (Å²) in [6, 6.07) is 2.90. The lowest BCUT2D eigenvalue weighted by Crippen LogP contribution is -2.43. The minimum Gasteiger partial charge on any atom is -0.378 e. The van der Waals surface area contributed by atoms with E-state index in [-0.39, 0.29) is 38.4 Å². The molecule has 2 amide bonds. The molecule has 1 aromatic carbocycles. The Kier molecular flexibility index (Phi) is 6.56. The average Bonchev–Trinajstić information content (AvgIpc) is 3.30. The zero-order chi connectivity index (χ0) is 22.2. The Morgan fingerprint density at radius 1 is 1.27 bits per heavy atom. The number of rotatable bonds is 4. The molecule has 13 heteroatoms. The van der Waals surface area contributed by atoms with E-state index in [1.807, 2.05) is 0 Å². The van der Waals surface area contributed by atoms with Crippen LogP contribution in [-0.2, 0) is 11.0 Å². The summed E-state index contributed by atoms with van der Waals surface area (Å²) in [6.45, 7) is -0.703. The van der Waals surface area contributed by atoms with Gasteiger partial charge in [-0.25, -0.2) is 9.37 Å². The number of benzene rings is 1. The Hall–Kier alpha value is -1.95. The summed E-state index contributed by atoms with van der Waals surface area (Å²) in [4.78, 5) is 28.5. The molecule has 1 aromatic heterocycles. The van der Waals surface area contributed by atoms with Crippen LogP contribution in [0.3, 0.4) is 0 Å². The number of hydrogen-bond acceptors (Lipinski definition) is 5. The second-order valence-electron chi connectivity index (χ2n) is 6.44. The molecule has 2 heterocycles. The monoisotopic (exact) mass is 485 g/mol. The van der Waals surface area contributed by atoms with Crippen molar-refractivity contribution in [2.45, 2.75) is 24.5 Å². The second-order valence-corrected chi connectivity index (χ2v) is 8.29. The van der Waals surface area contributed by atoms with E-state index in [9.17, 15) is 32.3 Å². The third-order valence-corrected chi connectivity index (χ3v) is 6.10. The van der Waals surface area contributed by atoms with Crippen LogP contribution in [0.5, 0.6) is 0 Å². The van der Waals surface area contributed by atoms with Crippen LogP contribution < -0.4 is 5.32 Å². The van der Waals surface area contributed by atoms with Gasteiger partial charge in [0.2, 0.25) is 0 Å². The van der Waals surface area contributed by atoms with Gasteiger partial charge in [-0.2, -0.15) is 13.2 Å². The first-order valence-corrected chi connectivity index (χ1v) is 9.94. The highest BCUT2D eigenvalue weighted by Gasteiger charge is 2.40. The number of hydrogen-bond donors (Lipinski definition) is 2. The molecule has 1 unspecified atom stereocenters. The van der Waals surface area contributed by atoms with Crippen LogP contribution in [0.1, 0.15) is 26.3 Å². The van der Waals surface area contributed by atoms with E-state index >= 15 is 0 Å². The van der Waals surface area contributed by atoms with Crippen molar-refractivity contribution in [3.8, 4) is 0 Å². The van der Waals surface area contributed by atoms with Crippen molar-refractivity contribution in [3.05, 3.63) is 49.9 Å². The molecule has 0 aliphatic carbocycles. The van der Waals surface area contributed by atoms with Crippen molar-refractivity contribution >= 4 is 46.4 Å². The first-order chi connectivity index (χ1) is 14.0. The van der Waals surface area contributed by atoms with E-state index in [2.05, 4.69) is 10.3 Å². The maximum atomic E-state index is 14.3. The van der Waals surface area contributed by atoms with Gasteiger partial charge in [-0.15, -0.1) is 11.3 Å². The molecule has 1 aliphatic rings. The van der Waals surface area contributed by atoms with Crippen LogP contribution in [-0.4, -0.2) is 52.1 Å². The number of halogens is 6. The minimum atomic E-state index is -4.69. The maximum absolute atomic E-state index is 14.3. The van der Waals surface area contributed by atoms with E-state index in [0.717, 1.165) is 11.1 Å². The number of carbonyl (C=O) groups is 2. The summed E-state index contributed by atoms with van der Waals surface area (Å²) in [6.07, 6.45) is -7.24. The molecular formula is C17H13Cl2F4N3O3S. The second kappa shape index (κ2) is 8.66. The van der Waals surface area contributed by atoms with Crippen LogP contribution in [0.25, 0.3) is 0 Å². The van der Waals surface area contributed by atoms with Crippen molar-refractivity contribution in [1.29, 1.82) is 0 Å². The van der Waals surface area contributed by atoms with Crippen LogP contribution in [0.15, 0.2) is 24.4 Å².